The van der Waals surface area contributed by atoms with Gasteiger partial charge in [-0.15, -0.1) is 0 Å². The second kappa shape index (κ2) is 6.32. The van der Waals surface area contributed by atoms with Gasteiger partial charge < -0.3 is 9.84 Å². The average molecular weight is 263 g/mol. The van der Waals surface area contributed by atoms with E-state index >= 15 is 0 Å². The molecule has 0 rings (SSSR count). The number of rotatable bonds is 5. The Balaban J connectivity index is 5.31. The Morgan fingerprint density at radius 2 is 1.83 bits per heavy atom. The summed E-state index contributed by atoms with van der Waals surface area (Å²) in [6, 6.07) is -1.38. The molecule has 0 fully saturated rings. The van der Waals surface area contributed by atoms with Crippen LogP contribution in [0, 0.1) is 0 Å². The van der Waals surface area contributed by atoms with Crippen LogP contribution in [-0.2, 0) is 14.3 Å². The molecule has 1 N–H and O–H groups in total. The van der Waals surface area contributed by atoms with Crippen molar-refractivity contribution in [2.75, 3.05) is 13.8 Å². The van der Waals surface area contributed by atoms with Gasteiger partial charge in [-0.1, -0.05) is 0 Å². The molecule has 6 nitrogen and oxygen atoms in total. The quantitative estimate of drug-likeness (QED) is 0.754. The summed E-state index contributed by atoms with van der Waals surface area (Å²) in [4.78, 5) is 34.6. The summed E-state index contributed by atoms with van der Waals surface area (Å²) in [5, 5.41) is 9.11. The Bertz CT molecular complexity index is 337. The molecule has 0 saturated heterocycles. The molecule has 18 heavy (non-hydrogen) atoms. The zero-order valence-electron chi connectivity index (χ0n) is 10.9. The first-order valence-electron chi connectivity index (χ1n) is 5.33. The SMILES string of the molecule is COC(=O)CC(C(=O)CF)N(C(=O)O)C(C)(C)C. The van der Waals surface area contributed by atoms with Crippen molar-refractivity contribution in [1.82, 2.24) is 4.90 Å². The molecular formula is C11H18FNO5. The summed E-state index contributed by atoms with van der Waals surface area (Å²) < 4.78 is 16.9. The topological polar surface area (TPSA) is 83.9 Å². The van der Waals surface area contributed by atoms with Gasteiger partial charge in [-0.2, -0.15) is 0 Å². The Kier molecular flexibility index (Phi) is 5.74. The molecule has 0 aromatic carbocycles. The number of nitrogens with zero attached hydrogens (tertiary/aromatic N) is 1. The molecule has 0 aromatic rings. The molecule has 0 radical (unpaired) electrons. The van der Waals surface area contributed by atoms with E-state index in [-0.39, 0.29) is 0 Å². The van der Waals surface area contributed by atoms with Gasteiger partial charge in [0.15, 0.2) is 5.78 Å². The van der Waals surface area contributed by atoms with E-state index in [0.29, 0.717) is 0 Å². The zero-order chi connectivity index (χ0) is 14.5. The van der Waals surface area contributed by atoms with Crippen molar-refractivity contribution in [3.05, 3.63) is 0 Å². The monoisotopic (exact) mass is 263 g/mol. The van der Waals surface area contributed by atoms with Crippen molar-refractivity contribution in [3.8, 4) is 0 Å². The predicted octanol–water partition coefficient (Wildman–Crippen LogP) is 1.24. The van der Waals surface area contributed by atoms with Crippen LogP contribution < -0.4 is 0 Å². The van der Waals surface area contributed by atoms with Crippen molar-refractivity contribution in [2.45, 2.75) is 38.8 Å². The number of amides is 1. The summed E-state index contributed by atoms with van der Waals surface area (Å²) >= 11 is 0. The largest absolute Gasteiger partial charge is 0.469 e. The highest BCUT2D eigenvalue weighted by Gasteiger charge is 2.38. The van der Waals surface area contributed by atoms with Crippen molar-refractivity contribution in [1.29, 1.82) is 0 Å². The maximum absolute atomic E-state index is 12.5. The third kappa shape index (κ3) is 4.31. The Hall–Kier alpha value is -1.66. The number of methoxy groups -OCH3 is 1. The van der Waals surface area contributed by atoms with Crippen molar-refractivity contribution >= 4 is 17.8 Å². The minimum absolute atomic E-state index is 0.497. The normalized spacial score (nSPS) is 12.7. The van der Waals surface area contributed by atoms with Crippen LogP contribution in [-0.4, -0.2) is 53.2 Å². The number of hydrogen-bond donors (Lipinski definition) is 1. The van der Waals surface area contributed by atoms with E-state index in [1.807, 2.05) is 0 Å². The molecule has 1 atom stereocenters. The Morgan fingerprint density at radius 3 is 2.11 bits per heavy atom. The van der Waals surface area contributed by atoms with Gasteiger partial charge in [-0.3, -0.25) is 14.5 Å². The zero-order valence-corrected chi connectivity index (χ0v) is 10.9. The fourth-order valence-corrected chi connectivity index (χ4v) is 1.57. The predicted molar refractivity (Wildman–Crippen MR) is 61.0 cm³/mol. The number of carbonyl (C=O) groups excluding carboxylic acids is 2. The standard InChI is InChI=1S/C11H18FNO5/c1-11(2,3)13(10(16)17)7(8(14)6-12)5-9(15)18-4/h7H,5-6H2,1-4H3,(H,16,17). The lowest BCUT2D eigenvalue weighted by Gasteiger charge is -2.38. The second-order valence-electron chi connectivity index (χ2n) is 4.72. The molecule has 0 aromatic heterocycles. The van der Waals surface area contributed by atoms with Gasteiger partial charge in [0.05, 0.1) is 13.5 Å². The number of halogens is 1. The van der Waals surface area contributed by atoms with Gasteiger partial charge in [0, 0.05) is 5.54 Å². The van der Waals surface area contributed by atoms with Crippen LogP contribution in [0.4, 0.5) is 9.18 Å². The fourth-order valence-electron chi connectivity index (χ4n) is 1.57. The third-order valence-corrected chi connectivity index (χ3v) is 2.33. The molecule has 0 spiro atoms. The lowest BCUT2D eigenvalue weighted by molar-refractivity contribution is -0.145. The van der Waals surface area contributed by atoms with Gasteiger partial charge in [-0.05, 0) is 20.8 Å². The van der Waals surface area contributed by atoms with Crippen molar-refractivity contribution in [3.63, 3.8) is 0 Å². The summed E-state index contributed by atoms with van der Waals surface area (Å²) in [6.45, 7) is 3.33. The van der Waals surface area contributed by atoms with E-state index in [9.17, 15) is 18.8 Å². The molecule has 7 heteroatoms. The summed E-state index contributed by atoms with van der Waals surface area (Å²) in [6.07, 6.45) is -1.89. The summed E-state index contributed by atoms with van der Waals surface area (Å²) in [7, 11) is 1.11. The number of carboxylic acid groups (broad SMARTS) is 1. The molecule has 104 valence electrons. The number of alkyl halides is 1. The minimum Gasteiger partial charge on any atom is -0.469 e. The van der Waals surface area contributed by atoms with Gasteiger partial charge in [0.2, 0.25) is 0 Å². The average Bonchev–Trinajstić information content (AvgIpc) is 2.24. The number of esters is 1. The lowest BCUT2D eigenvalue weighted by Crippen LogP contribution is -2.55. The molecule has 0 heterocycles. The molecule has 1 unspecified atom stereocenters. The van der Waals surface area contributed by atoms with Crippen molar-refractivity contribution in [2.24, 2.45) is 0 Å². The van der Waals surface area contributed by atoms with E-state index in [1.54, 1.807) is 20.8 Å². The second-order valence-corrected chi connectivity index (χ2v) is 4.72. The van der Waals surface area contributed by atoms with Gasteiger partial charge in [-0.25, -0.2) is 9.18 Å². The molecule has 0 aliphatic rings. The molecule has 0 saturated carbocycles. The molecule has 0 bridgehead atoms. The highest BCUT2D eigenvalue weighted by molar-refractivity contribution is 5.91. The first kappa shape index (κ1) is 16.3. The number of hydrogen-bond acceptors (Lipinski definition) is 4. The first-order chi connectivity index (χ1) is 8.15. The van der Waals surface area contributed by atoms with E-state index in [1.165, 1.54) is 0 Å². The molecule has 0 aliphatic carbocycles. The fraction of sp³-hybridized carbons (Fsp3) is 0.727. The van der Waals surface area contributed by atoms with Crippen LogP contribution in [0.5, 0.6) is 0 Å². The van der Waals surface area contributed by atoms with Crippen molar-refractivity contribution < 1.29 is 28.6 Å². The maximum Gasteiger partial charge on any atom is 0.408 e. The Labute approximate surface area is 105 Å². The van der Waals surface area contributed by atoms with Crippen LogP contribution in [0.25, 0.3) is 0 Å². The van der Waals surface area contributed by atoms with Crippen LogP contribution in [0.1, 0.15) is 27.2 Å². The molecule has 1 amide bonds. The van der Waals surface area contributed by atoms with E-state index in [4.69, 9.17) is 5.11 Å². The maximum atomic E-state index is 12.5. The van der Waals surface area contributed by atoms with Crippen LogP contribution >= 0.6 is 0 Å². The molecule has 0 aliphatic heterocycles. The van der Waals surface area contributed by atoms with E-state index < -0.39 is 42.5 Å². The van der Waals surface area contributed by atoms with Gasteiger partial charge >= 0.3 is 12.1 Å². The number of carbonyl (C=O) groups is 3. The number of Topliss-reactive ketones (excluding diaryl/α,β-unsaturated/α-hetero) is 1. The van der Waals surface area contributed by atoms with Crippen LogP contribution in [0.15, 0.2) is 0 Å². The van der Waals surface area contributed by atoms with E-state index in [0.717, 1.165) is 12.0 Å². The lowest BCUT2D eigenvalue weighted by atomic mass is 9.99. The summed E-state index contributed by atoms with van der Waals surface area (Å²) in [5.74, 6) is -1.73. The number of ether oxygens (including phenoxy) is 1. The van der Waals surface area contributed by atoms with Gasteiger partial charge in [0.25, 0.3) is 0 Å². The Morgan fingerprint density at radius 1 is 1.33 bits per heavy atom. The highest BCUT2D eigenvalue weighted by atomic mass is 19.1. The van der Waals surface area contributed by atoms with Crippen LogP contribution in [0.2, 0.25) is 0 Å². The van der Waals surface area contributed by atoms with Gasteiger partial charge in [0.1, 0.15) is 12.7 Å². The first-order valence-corrected chi connectivity index (χ1v) is 5.33. The molecular weight excluding hydrogens is 245 g/mol. The highest BCUT2D eigenvalue weighted by Crippen LogP contribution is 2.20. The third-order valence-electron chi connectivity index (χ3n) is 2.33. The van der Waals surface area contributed by atoms with E-state index in [2.05, 4.69) is 4.74 Å². The number of ketones is 1. The minimum atomic E-state index is -1.39. The summed E-state index contributed by atoms with van der Waals surface area (Å²) in [5.41, 5.74) is -0.935. The van der Waals surface area contributed by atoms with Crippen LogP contribution in [0.3, 0.4) is 0 Å². The smallest absolute Gasteiger partial charge is 0.408 e.